The number of ketones is 1. The highest BCUT2D eigenvalue weighted by Crippen LogP contribution is 2.34. The predicted molar refractivity (Wildman–Crippen MR) is 45.6 cm³/mol. The Bertz CT molecular complexity index is 311. The van der Waals surface area contributed by atoms with Gasteiger partial charge in [0.05, 0.1) is 12.5 Å². The van der Waals surface area contributed by atoms with Crippen molar-refractivity contribution in [2.45, 2.75) is 38.2 Å². The minimum absolute atomic E-state index is 0.0583. The predicted octanol–water partition coefficient (Wildman–Crippen LogP) is 1.70. The lowest BCUT2D eigenvalue weighted by atomic mass is 9.94. The van der Waals surface area contributed by atoms with E-state index >= 15 is 0 Å². The molecule has 0 aromatic rings. The van der Waals surface area contributed by atoms with E-state index in [2.05, 4.69) is 6.07 Å². The van der Waals surface area contributed by atoms with Gasteiger partial charge in [-0.25, -0.2) is 0 Å². The van der Waals surface area contributed by atoms with E-state index in [1.54, 1.807) is 0 Å². The topological polar surface area (TPSA) is 50.1 Å². The molecule has 3 nitrogen and oxygen atoms in total. The quantitative estimate of drug-likeness (QED) is 0.612. The number of allylic oxidation sites excluding steroid dienone is 1. The zero-order valence-corrected chi connectivity index (χ0v) is 7.38. The first-order valence-corrected chi connectivity index (χ1v) is 4.60. The molecule has 0 amide bonds. The van der Waals surface area contributed by atoms with Crippen molar-refractivity contribution in [3.63, 3.8) is 0 Å². The molecule has 0 fully saturated rings. The summed E-state index contributed by atoms with van der Waals surface area (Å²) in [6.07, 6.45) is 3.42. The number of nitrogens with zero attached hydrogens (tertiary/aromatic N) is 1. The van der Waals surface area contributed by atoms with Crippen LogP contribution in [0.25, 0.3) is 0 Å². The molecule has 1 heterocycles. The average Bonchev–Trinajstić information content (AvgIpc) is 2.49. The highest BCUT2D eigenvalue weighted by molar-refractivity contribution is 5.97. The minimum Gasteiger partial charge on any atom is -0.493 e. The largest absolute Gasteiger partial charge is 0.493 e. The maximum Gasteiger partial charge on any atom is 0.162 e. The van der Waals surface area contributed by atoms with E-state index in [-0.39, 0.29) is 11.9 Å². The Balaban J connectivity index is 2.10. The van der Waals surface area contributed by atoms with Gasteiger partial charge in [0.1, 0.15) is 11.9 Å². The van der Waals surface area contributed by atoms with Gasteiger partial charge in [-0.05, 0) is 6.42 Å². The summed E-state index contributed by atoms with van der Waals surface area (Å²) >= 11 is 0. The molecule has 0 N–H and O–H groups in total. The number of carbonyl (C=O) groups is 1. The standard InChI is InChI=1S/C10H11NO2/c11-5-4-7-6-8-9(12)2-1-3-10(8)13-7/h7H,1-4,6H2. The third-order valence-electron chi connectivity index (χ3n) is 2.54. The van der Waals surface area contributed by atoms with Gasteiger partial charge in [0.2, 0.25) is 0 Å². The van der Waals surface area contributed by atoms with Crippen molar-refractivity contribution < 1.29 is 9.53 Å². The fourth-order valence-corrected chi connectivity index (χ4v) is 1.91. The second-order valence-electron chi connectivity index (χ2n) is 3.48. The highest BCUT2D eigenvalue weighted by atomic mass is 16.5. The molecule has 0 saturated carbocycles. The molecule has 1 unspecified atom stereocenters. The molecule has 1 atom stereocenters. The number of rotatable bonds is 1. The molecule has 3 heteroatoms. The van der Waals surface area contributed by atoms with E-state index in [0.717, 1.165) is 24.2 Å². The maximum atomic E-state index is 11.4. The van der Waals surface area contributed by atoms with Gasteiger partial charge in [0, 0.05) is 24.8 Å². The third kappa shape index (κ3) is 1.44. The van der Waals surface area contributed by atoms with Gasteiger partial charge in [0.15, 0.2) is 5.78 Å². The molecule has 0 saturated heterocycles. The molecule has 1 aliphatic carbocycles. The van der Waals surface area contributed by atoms with Crippen molar-refractivity contribution in [1.29, 1.82) is 5.26 Å². The summed E-state index contributed by atoms with van der Waals surface area (Å²) in [7, 11) is 0. The van der Waals surface area contributed by atoms with Gasteiger partial charge in [-0.15, -0.1) is 0 Å². The summed E-state index contributed by atoms with van der Waals surface area (Å²) in [5.74, 6) is 1.08. The molecule has 0 bridgehead atoms. The third-order valence-corrected chi connectivity index (χ3v) is 2.54. The monoisotopic (exact) mass is 177 g/mol. The van der Waals surface area contributed by atoms with Gasteiger partial charge in [-0.2, -0.15) is 5.26 Å². The molecule has 0 aromatic carbocycles. The fraction of sp³-hybridized carbons (Fsp3) is 0.600. The Labute approximate surface area is 77.0 Å². The molecule has 1 aliphatic heterocycles. The fourth-order valence-electron chi connectivity index (χ4n) is 1.91. The Morgan fingerprint density at radius 1 is 1.54 bits per heavy atom. The van der Waals surface area contributed by atoms with Crippen molar-refractivity contribution in [3.8, 4) is 6.07 Å². The minimum atomic E-state index is -0.0583. The van der Waals surface area contributed by atoms with Crippen LogP contribution in [0.1, 0.15) is 32.1 Å². The SMILES string of the molecule is N#CCC1CC2=C(CCCC2=O)O1. The van der Waals surface area contributed by atoms with E-state index < -0.39 is 0 Å². The number of hydrogen-bond donors (Lipinski definition) is 0. The van der Waals surface area contributed by atoms with Crippen LogP contribution in [0.15, 0.2) is 11.3 Å². The smallest absolute Gasteiger partial charge is 0.162 e. The van der Waals surface area contributed by atoms with Gasteiger partial charge >= 0.3 is 0 Å². The normalized spacial score (nSPS) is 26.7. The number of hydrogen-bond acceptors (Lipinski definition) is 3. The number of Topliss-reactive ketones (excluding diaryl/α,β-unsaturated/α-hetero) is 1. The lowest BCUT2D eigenvalue weighted by Crippen LogP contribution is -2.08. The molecule has 0 radical (unpaired) electrons. The molecule has 68 valence electrons. The second kappa shape index (κ2) is 3.21. The van der Waals surface area contributed by atoms with Crippen LogP contribution in [0.3, 0.4) is 0 Å². The van der Waals surface area contributed by atoms with Crippen LogP contribution in [-0.2, 0) is 9.53 Å². The molecule has 2 aliphatic rings. The van der Waals surface area contributed by atoms with Crippen LogP contribution < -0.4 is 0 Å². The lowest BCUT2D eigenvalue weighted by Gasteiger charge is -2.11. The highest BCUT2D eigenvalue weighted by Gasteiger charge is 2.31. The van der Waals surface area contributed by atoms with E-state index in [1.165, 1.54) is 0 Å². The summed E-state index contributed by atoms with van der Waals surface area (Å²) in [4.78, 5) is 11.4. The molecular formula is C10H11NO2. The van der Waals surface area contributed by atoms with E-state index in [0.29, 0.717) is 19.3 Å². The molecular weight excluding hydrogens is 166 g/mol. The maximum absolute atomic E-state index is 11.4. The molecule has 2 rings (SSSR count). The Hall–Kier alpha value is -1.30. The summed E-state index contributed by atoms with van der Waals surface area (Å²) in [5.41, 5.74) is 0.853. The molecule has 13 heavy (non-hydrogen) atoms. The van der Waals surface area contributed by atoms with Gasteiger partial charge < -0.3 is 4.74 Å². The molecule has 0 aromatic heterocycles. The Kier molecular flexibility index (Phi) is 2.05. The lowest BCUT2D eigenvalue weighted by molar-refractivity contribution is -0.116. The van der Waals surface area contributed by atoms with Crippen LogP contribution in [0, 0.1) is 11.3 Å². The Morgan fingerprint density at radius 3 is 3.08 bits per heavy atom. The zero-order chi connectivity index (χ0) is 9.26. The Morgan fingerprint density at radius 2 is 2.38 bits per heavy atom. The van der Waals surface area contributed by atoms with E-state index in [1.807, 2.05) is 0 Å². The number of nitriles is 1. The van der Waals surface area contributed by atoms with Crippen LogP contribution in [0.2, 0.25) is 0 Å². The van der Waals surface area contributed by atoms with Crippen molar-refractivity contribution in [3.05, 3.63) is 11.3 Å². The average molecular weight is 177 g/mol. The van der Waals surface area contributed by atoms with Gasteiger partial charge in [-0.3, -0.25) is 4.79 Å². The first kappa shape index (κ1) is 8.31. The van der Waals surface area contributed by atoms with E-state index in [4.69, 9.17) is 10.00 Å². The van der Waals surface area contributed by atoms with Gasteiger partial charge in [0.25, 0.3) is 0 Å². The number of ether oxygens (including phenoxy) is 1. The van der Waals surface area contributed by atoms with E-state index in [9.17, 15) is 4.79 Å². The first-order valence-electron chi connectivity index (χ1n) is 4.60. The van der Waals surface area contributed by atoms with Crippen LogP contribution >= 0.6 is 0 Å². The van der Waals surface area contributed by atoms with Gasteiger partial charge in [-0.1, -0.05) is 0 Å². The van der Waals surface area contributed by atoms with Crippen molar-refractivity contribution >= 4 is 5.78 Å². The summed E-state index contributed by atoms with van der Waals surface area (Å²) < 4.78 is 5.51. The van der Waals surface area contributed by atoms with Crippen molar-refractivity contribution in [2.75, 3.05) is 0 Å². The first-order chi connectivity index (χ1) is 6.31. The summed E-state index contributed by atoms with van der Waals surface area (Å²) in [6.45, 7) is 0. The zero-order valence-electron chi connectivity index (χ0n) is 7.38. The summed E-state index contributed by atoms with van der Waals surface area (Å²) in [5, 5.41) is 8.49. The van der Waals surface area contributed by atoms with Crippen LogP contribution in [-0.4, -0.2) is 11.9 Å². The van der Waals surface area contributed by atoms with Crippen LogP contribution in [0.4, 0.5) is 0 Å². The van der Waals surface area contributed by atoms with Crippen LogP contribution in [0.5, 0.6) is 0 Å². The number of carbonyl (C=O) groups excluding carboxylic acids is 1. The second-order valence-corrected chi connectivity index (χ2v) is 3.48. The molecule has 0 spiro atoms. The van der Waals surface area contributed by atoms with Crippen molar-refractivity contribution in [2.24, 2.45) is 0 Å². The van der Waals surface area contributed by atoms with Crippen molar-refractivity contribution in [1.82, 2.24) is 0 Å². The summed E-state index contributed by atoms with van der Waals surface area (Å²) in [6, 6.07) is 2.07.